The standard InChI is InChI=1S/C13H14F2O2S/c14-10-2-1-3-11(15)12(10)13(16)6-8-4-5-9(7-13)18(8)17/h1-3,8-9,16H,4-7H2. The Bertz CT molecular complexity index is 481. The minimum Gasteiger partial charge on any atom is -0.385 e. The quantitative estimate of drug-likeness (QED) is 0.851. The summed E-state index contributed by atoms with van der Waals surface area (Å²) in [6.45, 7) is 0. The van der Waals surface area contributed by atoms with Crippen molar-refractivity contribution in [2.75, 3.05) is 0 Å². The van der Waals surface area contributed by atoms with Gasteiger partial charge in [0.15, 0.2) is 0 Å². The molecule has 1 aromatic rings. The van der Waals surface area contributed by atoms with Crippen LogP contribution in [-0.4, -0.2) is 19.8 Å². The second kappa shape index (κ2) is 4.10. The van der Waals surface area contributed by atoms with Crippen molar-refractivity contribution in [3.8, 4) is 0 Å². The van der Waals surface area contributed by atoms with E-state index in [1.807, 2.05) is 0 Å². The van der Waals surface area contributed by atoms with E-state index in [1.165, 1.54) is 6.07 Å². The summed E-state index contributed by atoms with van der Waals surface area (Å²) in [6.07, 6.45) is 1.92. The van der Waals surface area contributed by atoms with Crippen LogP contribution in [0.25, 0.3) is 0 Å². The summed E-state index contributed by atoms with van der Waals surface area (Å²) in [5, 5.41) is 10.3. The average Bonchev–Trinajstić information content (AvgIpc) is 2.54. The summed E-state index contributed by atoms with van der Waals surface area (Å²) in [4.78, 5) is 0. The van der Waals surface area contributed by atoms with E-state index in [-0.39, 0.29) is 28.9 Å². The lowest BCUT2D eigenvalue weighted by Gasteiger charge is -2.36. The molecule has 0 radical (unpaired) electrons. The lowest BCUT2D eigenvalue weighted by molar-refractivity contribution is 0.0115. The summed E-state index contributed by atoms with van der Waals surface area (Å²) < 4.78 is 39.4. The van der Waals surface area contributed by atoms with Gasteiger partial charge in [0, 0.05) is 21.3 Å². The first-order valence-corrected chi connectivity index (χ1v) is 7.35. The molecule has 0 aromatic heterocycles. The van der Waals surface area contributed by atoms with Gasteiger partial charge < -0.3 is 5.11 Å². The molecule has 2 unspecified atom stereocenters. The second-order valence-corrected chi connectivity index (χ2v) is 7.18. The Morgan fingerprint density at radius 3 is 2.17 bits per heavy atom. The monoisotopic (exact) mass is 272 g/mol. The normalized spacial score (nSPS) is 38.9. The molecule has 3 rings (SSSR count). The molecule has 2 aliphatic rings. The van der Waals surface area contributed by atoms with Crippen molar-refractivity contribution in [3.63, 3.8) is 0 Å². The number of hydrogen-bond acceptors (Lipinski definition) is 2. The van der Waals surface area contributed by atoms with E-state index < -0.39 is 28.0 Å². The third-order valence-electron chi connectivity index (χ3n) is 4.03. The Morgan fingerprint density at radius 2 is 1.67 bits per heavy atom. The van der Waals surface area contributed by atoms with Crippen LogP contribution < -0.4 is 0 Å². The Morgan fingerprint density at radius 1 is 1.17 bits per heavy atom. The first kappa shape index (κ1) is 12.2. The summed E-state index contributed by atoms with van der Waals surface area (Å²) in [7, 11) is -0.957. The molecule has 2 heterocycles. The molecule has 0 aliphatic carbocycles. The maximum atomic E-state index is 13.8. The van der Waals surface area contributed by atoms with Gasteiger partial charge in [-0.15, -0.1) is 0 Å². The van der Waals surface area contributed by atoms with Crippen LogP contribution in [0.4, 0.5) is 8.78 Å². The largest absolute Gasteiger partial charge is 0.385 e. The second-order valence-electron chi connectivity index (χ2n) is 5.19. The van der Waals surface area contributed by atoms with Crippen molar-refractivity contribution in [3.05, 3.63) is 35.4 Å². The van der Waals surface area contributed by atoms with Crippen molar-refractivity contribution in [1.82, 2.24) is 0 Å². The van der Waals surface area contributed by atoms with Gasteiger partial charge in [0.05, 0.1) is 11.2 Å². The van der Waals surface area contributed by atoms with Crippen LogP contribution in [0.1, 0.15) is 31.2 Å². The van der Waals surface area contributed by atoms with Gasteiger partial charge in [0.1, 0.15) is 11.6 Å². The van der Waals surface area contributed by atoms with Gasteiger partial charge in [-0.2, -0.15) is 0 Å². The van der Waals surface area contributed by atoms with E-state index in [1.54, 1.807) is 0 Å². The molecule has 2 aliphatic heterocycles. The third kappa shape index (κ3) is 1.72. The van der Waals surface area contributed by atoms with Gasteiger partial charge in [-0.3, -0.25) is 4.21 Å². The highest BCUT2D eigenvalue weighted by Gasteiger charge is 2.50. The van der Waals surface area contributed by atoms with Crippen molar-refractivity contribution in [2.24, 2.45) is 0 Å². The highest BCUT2D eigenvalue weighted by Crippen LogP contribution is 2.46. The number of aliphatic hydroxyl groups is 1. The average molecular weight is 272 g/mol. The van der Waals surface area contributed by atoms with Gasteiger partial charge >= 0.3 is 0 Å². The maximum absolute atomic E-state index is 13.8. The summed E-state index contributed by atoms with van der Waals surface area (Å²) in [6, 6.07) is 3.60. The Hall–Kier alpha value is -0.810. The van der Waals surface area contributed by atoms with Crippen molar-refractivity contribution < 1.29 is 18.1 Å². The van der Waals surface area contributed by atoms with Crippen molar-refractivity contribution in [1.29, 1.82) is 0 Å². The van der Waals surface area contributed by atoms with Crippen LogP contribution >= 0.6 is 0 Å². The van der Waals surface area contributed by atoms with Gasteiger partial charge in [-0.05, 0) is 37.8 Å². The summed E-state index contributed by atoms with van der Waals surface area (Å²) in [5.74, 6) is -1.44. The van der Waals surface area contributed by atoms with E-state index in [0.717, 1.165) is 25.0 Å². The van der Waals surface area contributed by atoms with Crippen molar-refractivity contribution in [2.45, 2.75) is 41.8 Å². The Balaban J connectivity index is 2.04. The molecular weight excluding hydrogens is 258 g/mol. The topological polar surface area (TPSA) is 37.3 Å². The molecule has 5 heteroatoms. The summed E-state index contributed by atoms with van der Waals surface area (Å²) in [5.41, 5.74) is -1.76. The molecule has 2 bridgehead atoms. The van der Waals surface area contributed by atoms with Crippen LogP contribution in [0.5, 0.6) is 0 Å². The zero-order chi connectivity index (χ0) is 12.9. The Labute approximate surface area is 106 Å². The maximum Gasteiger partial charge on any atom is 0.132 e. The molecule has 0 spiro atoms. The van der Waals surface area contributed by atoms with Gasteiger partial charge in [-0.1, -0.05) is 6.07 Å². The number of fused-ring (bicyclic) bond motifs is 2. The lowest BCUT2D eigenvalue weighted by atomic mass is 9.85. The number of rotatable bonds is 1. The van der Waals surface area contributed by atoms with Gasteiger partial charge in [0.2, 0.25) is 0 Å². The highest BCUT2D eigenvalue weighted by molar-refractivity contribution is 7.86. The molecule has 1 N–H and O–H groups in total. The molecule has 1 aromatic carbocycles. The van der Waals surface area contributed by atoms with E-state index in [0.29, 0.717) is 0 Å². The fourth-order valence-corrected chi connectivity index (χ4v) is 5.39. The van der Waals surface area contributed by atoms with Crippen LogP contribution in [0.2, 0.25) is 0 Å². The van der Waals surface area contributed by atoms with Crippen LogP contribution in [0.15, 0.2) is 18.2 Å². The zero-order valence-corrected chi connectivity index (χ0v) is 10.6. The van der Waals surface area contributed by atoms with E-state index in [2.05, 4.69) is 0 Å². The number of benzene rings is 1. The van der Waals surface area contributed by atoms with Crippen LogP contribution in [0, 0.1) is 11.6 Å². The molecule has 2 atom stereocenters. The van der Waals surface area contributed by atoms with Gasteiger partial charge in [0.25, 0.3) is 0 Å². The molecule has 2 nitrogen and oxygen atoms in total. The predicted octanol–water partition coefficient (Wildman–Crippen LogP) is 2.23. The third-order valence-corrected chi connectivity index (χ3v) is 6.15. The minimum absolute atomic E-state index is 0.132. The van der Waals surface area contributed by atoms with E-state index in [4.69, 9.17) is 0 Å². The fourth-order valence-electron chi connectivity index (χ4n) is 3.23. The lowest BCUT2D eigenvalue weighted by Crippen LogP contribution is -2.41. The molecule has 98 valence electrons. The molecule has 18 heavy (non-hydrogen) atoms. The predicted molar refractivity (Wildman–Crippen MR) is 64.4 cm³/mol. The van der Waals surface area contributed by atoms with Crippen LogP contribution in [0.3, 0.4) is 0 Å². The zero-order valence-electron chi connectivity index (χ0n) is 9.73. The molecule has 2 fully saturated rings. The molecular formula is C13H14F2O2S. The fraction of sp³-hybridized carbons (Fsp3) is 0.538. The molecule has 0 amide bonds. The first-order chi connectivity index (χ1) is 8.51. The molecule has 2 saturated heterocycles. The number of hydrogen-bond donors (Lipinski definition) is 1. The Kier molecular flexibility index (Phi) is 2.79. The van der Waals surface area contributed by atoms with Crippen molar-refractivity contribution >= 4 is 10.8 Å². The van der Waals surface area contributed by atoms with E-state index >= 15 is 0 Å². The van der Waals surface area contributed by atoms with Crippen LogP contribution in [-0.2, 0) is 16.4 Å². The first-order valence-electron chi connectivity index (χ1n) is 6.07. The number of halogens is 2. The highest BCUT2D eigenvalue weighted by atomic mass is 32.2. The van der Waals surface area contributed by atoms with Gasteiger partial charge in [-0.25, -0.2) is 8.78 Å². The summed E-state index contributed by atoms with van der Waals surface area (Å²) >= 11 is 0. The SMILES string of the molecule is O=S1C2CCC1CC(O)(c1c(F)cccc1F)C2. The molecule has 0 saturated carbocycles. The van der Waals surface area contributed by atoms with E-state index in [9.17, 15) is 18.1 Å². The minimum atomic E-state index is -1.50. The smallest absolute Gasteiger partial charge is 0.132 e.